The summed E-state index contributed by atoms with van der Waals surface area (Å²) in [7, 11) is 1.68. The molecular weight excluding hydrogens is 266 g/mol. The van der Waals surface area contributed by atoms with E-state index < -0.39 is 0 Å². The molecule has 4 nitrogen and oxygen atoms in total. The molecule has 2 aliphatic heterocycles. The third kappa shape index (κ3) is 2.22. The van der Waals surface area contributed by atoms with E-state index in [1.165, 1.54) is 19.3 Å². The predicted octanol–water partition coefficient (Wildman–Crippen LogP) is 3.47. The summed E-state index contributed by atoms with van der Waals surface area (Å²) in [5, 5.41) is 4.38. The van der Waals surface area contributed by atoms with E-state index >= 15 is 0 Å². The maximum Gasteiger partial charge on any atom is 0.138 e. The monoisotopic (exact) mass is 287 g/mol. The zero-order valence-electron chi connectivity index (χ0n) is 12.3. The van der Waals surface area contributed by atoms with Crippen LogP contribution in [0.25, 0.3) is 0 Å². The molecule has 1 saturated carbocycles. The molecule has 4 atom stereocenters. The van der Waals surface area contributed by atoms with Crippen LogP contribution in [0, 0.1) is 5.92 Å². The minimum atomic E-state index is -0.0472. The molecule has 0 aromatic heterocycles. The van der Waals surface area contributed by atoms with Crippen LogP contribution in [0.2, 0.25) is 0 Å². The fraction of sp³-hybridized carbons (Fsp3) is 0.588. The summed E-state index contributed by atoms with van der Waals surface area (Å²) >= 11 is 0. The molecule has 1 aliphatic carbocycles. The van der Waals surface area contributed by atoms with Gasteiger partial charge in [-0.25, -0.2) is 0 Å². The summed E-state index contributed by atoms with van der Waals surface area (Å²) in [5.74, 6) is 1.22. The number of oxime groups is 1. The molecular formula is C17H21NO3. The van der Waals surface area contributed by atoms with Gasteiger partial charge < -0.3 is 14.3 Å². The Morgan fingerprint density at radius 3 is 2.57 bits per heavy atom. The molecule has 21 heavy (non-hydrogen) atoms. The van der Waals surface area contributed by atoms with E-state index in [0.717, 1.165) is 29.9 Å². The van der Waals surface area contributed by atoms with Crippen LogP contribution in [-0.2, 0) is 9.57 Å². The summed E-state index contributed by atoms with van der Waals surface area (Å²) < 4.78 is 11.6. The van der Waals surface area contributed by atoms with Gasteiger partial charge in [0, 0.05) is 0 Å². The van der Waals surface area contributed by atoms with E-state index in [-0.39, 0.29) is 18.3 Å². The Labute approximate surface area is 125 Å². The lowest BCUT2D eigenvalue weighted by molar-refractivity contribution is -0.0321. The van der Waals surface area contributed by atoms with E-state index in [1.807, 2.05) is 12.1 Å². The van der Waals surface area contributed by atoms with Gasteiger partial charge in [-0.15, -0.1) is 0 Å². The maximum absolute atomic E-state index is 6.34. The van der Waals surface area contributed by atoms with Crippen LogP contribution in [0.1, 0.15) is 43.8 Å². The SMILES string of the molecule is COc1ccc([C@H]2O[C@H]3CCCCC[C@H]4ON=C2[C@@H]34)cc1. The Morgan fingerprint density at radius 1 is 1.05 bits per heavy atom. The van der Waals surface area contributed by atoms with Crippen LogP contribution < -0.4 is 4.74 Å². The summed E-state index contributed by atoms with van der Waals surface area (Å²) in [5.41, 5.74) is 2.24. The van der Waals surface area contributed by atoms with Gasteiger partial charge in [0.25, 0.3) is 0 Å². The molecule has 0 radical (unpaired) electrons. The lowest BCUT2D eigenvalue weighted by Gasteiger charge is -2.24. The molecule has 0 spiro atoms. The molecule has 0 unspecified atom stereocenters. The molecule has 2 heterocycles. The zero-order valence-corrected chi connectivity index (χ0v) is 12.3. The van der Waals surface area contributed by atoms with Crippen molar-refractivity contribution >= 4 is 5.71 Å². The van der Waals surface area contributed by atoms with E-state index in [9.17, 15) is 0 Å². The highest BCUT2D eigenvalue weighted by molar-refractivity contribution is 5.95. The number of hydrogen-bond donors (Lipinski definition) is 0. The van der Waals surface area contributed by atoms with Crippen molar-refractivity contribution in [1.29, 1.82) is 0 Å². The highest BCUT2D eigenvalue weighted by Gasteiger charge is 2.50. The second-order valence-corrected chi connectivity index (χ2v) is 6.15. The third-order valence-electron chi connectivity index (χ3n) is 4.91. The number of benzene rings is 1. The lowest BCUT2D eigenvalue weighted by Crippen LogP contribution is -2.30. The topological polar surface area (TPSA) is 40.0 Å². The van der Waals surface area contributed by atoms with Crippen LogP contribution in [0.5, 0.6) is 5.75 Å². The Bertz CT molecular complexity index is 539. The van der Waals surface area contributed by atoms with Crippen molar-refractivity contribution in [3.63, 3.8) is 0 Å². The van der Waals surface area contributed by atoms with E-state index in [2.05, 4.69) is 17.3 Å². The van der Waals surface area contributed by atoms with Crippen molar-refractivity contribution < 1.29 is 14.3 Å². The fourth-order valence-corrected chi connectivity index (χ4v) is 3.80. The van der Waals surface area contributed by atoms with E-state index in [0.29, 0.717) is 5.92 Å². The molecule has 112 valence electrons. The normalized spacial score (nSPS) is 34.4. The number of methoxy groups -OCH3 is 1. The summed E-state index contributed by atoms with van der Waals surface area (Å²) in [6.07, 6.45) is 6.43. The highest BCUT2D eigenvalue weighted by Crippen LogP contribution is 2.44. The molecule has 2 fully saturated rings. The first kappa shape index (κ1) is 13.1. The maximum atomic E-state index is 6.34. The van der Waals surface area contributed by atoms with Gasteiger partial charge in [-0.05, 0) is 37.0 Å². The Morgan fingerprint density at radius 2 is 1.81 bits per heavy atom. The first-order chi connectivity index (χ1) is 10.4. The molecule has 0 bridgehead atoms. The Hall–Kier alpha value is -1.55. The van der Waals surface area contributed by atoms with E-state index in [1.54, 1.807) is 7.11 Å². The van der Waals surface area contributed by atoms with Gasteiger partial charge in [-0.1, -0.05) is 30.1 Å². The Kier molecular flexibility index (Phi) is 3.34. The van der Waals surface area contributed by atoms with Crippen molar-refractivity contribution in [3.05, 3.63) is 29.8 Å². The predicted molar refractivity (Wildman–Crippen MR) is 79.5 cm³/mol. The molecule has 1 saturated heterocycles. The van der Waals surface area contributed by atoms with Crippen molar-refractivity contribution in [2.45, 2.75) is 50.4 Å². The van der Waals surface area contributed by atoms with Crippen LogP contribution in [0.15, 0.2) is 29.4 Å². The van der Waals surface area contributed by atoms with Gasteiger partial charge in [0.2, 0.25) is 0 Å². The molecule has 0 amide bonds. The molecule has 4 heteroatoms. The molecule has 1 aromatic carbocycles. The number of rotatable bonds is 2. The molecule has 0 N–H and O–H groups in total. The third-order valence-corrected chi connectivity index (χ3v) is 4.91. The van der Waals surface area contributed by atoms with Crippen LogP contribution in [-0.4, -0.2) is 25.0 Å². The number of hydrogen-bond acceptors (Lipinski definition) is 4. The first-order valence-corrected chi connectivity index (χ1v) is 7.90. The molecule has 3 aliphatic rings. The lowest BCUT2D eigenvalue weighted by atomic mass is 9.84. The molecule has 1 aromatic rings. The fourth-order valence-electron chi connectivity index (χ4n) is 3.80. The van der Waals surface area contributed by atoms with Crippen LogP contribution in [0.3, 0.4) is 0 Å². The largest absolute Gasteiger partial charge is 0.497 e. The van der Waals surface area contributed by atoms with Crippen molar-refractivity contribution in [2.24, 2.45) is 11.1 Å². The van der Waals surface area contributed by atoms with Crippen LogP contribution >= 0.6 is 0 Å². The smallest absolute Gasteiger partial charge is 0.138 e. The quantitative estimate of drug-likeness (QED) is 0.836. The minimum Gasteiger partial charge on any atom is -0.497 e. The summed E-state index contributed by atoms with van der Waals surface area (Å²) in [6, 6.07) is 8.09. The van der Waals surface area contributed by atoms with E-state index in [4.69, 9.17) is 14.3 Å². The average molecular weight is 287 g/mol. The van der Waals surface area contributed by atoms with Gasteiger partial charge in [0.15, 0.2) is 0 Å². The summed E-state index contributed by atoms with van der Waals surface area (Å²) in [6.45, 7) is 0. The van der Waals surface area contributed by atoms with Gasteiger partial charge >= 0.3 is 0 Å². The molecule has 4 rings (SSSR count). The highest BCUT2D eigenvalue weighted by atomic mass is 16.7. The standard InChI is InChI=1S/C17H21NO3/c1-19-12-9-7-11(8-10-12)17-16-15-13(20-17)5-3-2-4-6-14(15)21-18-16/h7-10,13-15,17H,2-6H2,1H3/t13-,14+,15-,17+/m0/s1. The number of nitrogens with zero attached hydrogens (tertiary/aromatic N) is 1. The van der Waals surface area contributed by atoms with Crippen molar-refractivity contribution in [3.8, 4) is 5.75 Å². The minimum absolute atomic E-state index is 0.0472. The zero-order chi connectivity index (χ0) is 14.2. The van der Waals surface area contributed by atoms with Crippen molar-refractivity contribution in [2.75, 3.05) is 7.11 Å². The second kappa shape index (κ2) is 5.34. The van der Waals surface area contributed by atoms with Gasteiger partial charge in [0.1, 0.15) is 18.0 Å². The first-order valence-electron chi connectivity index (χ1n) is 7.90. The van der Waals surface area contributed by atoms with Crippen LogP contribution in [0.4, 0.5) is 0 Å². The van der Waals surface area contributed by atoms with Gasteiger partial charge in [-0.2, -0.15) is 0 Å². The summed E-state index contributed by atoms with van der Waals surface area (Å²) in [4.78, 5) is 5.71. The van der Waals surface area contributed by atoms with Gasteiger partial charge in [-0.3, -0.25) is 0 Å². The second-order valence-electron chi connectivity index (χ2n) is 6.15. The Balaban J connectivity index is 1.62. The van der Waals surface area contributed by atoms with Gasteiger partial charge in [0.05, 0.1) is 24.8 Å². The average Bonchev–Trinajstić information content (AvgIpc) is 3.04. The number of ether oxygens (including phenoxy) is 2. The van der Waals surface area contributed by atoms with Crippen molar-refractivity contribution in [1.82, 2.24) is 0 Å².